The van der Waals surface area contributed by atoms with Gasteiger partial charge in [0, 0.05) is 22.3 Å². The maximum Gasteiger partial charge on any atom is 0.306 e. The molecule has 5 nitrogen and oxygen atoms in total. The van der Waals surface area contributed by atoms with Gasteiger partial charge in [-0.1, -0.05) is 30.1 Å². The molecule has 1 aromatic carbocycles. The second-order valence-corrected chi connectivity index (χ2v) is 4.98. The molecular formula is C13H15Cl2NO4. The molecule has 0 fully saturated rings. The Bertz CT molecular complexity index is 473. The van der Waals surface area contributed by atoms with Gasteiger partial charge in [-0.15, -0.1) is 0 Å². The molecule has 0 spiro atoms. The first kappa shape index (κ1) is 16.8. The number of ether oxygens (including phenoxy) is 1. The average Bonchev–Trinajstić information content (AvgIpc) is 2.32. The van der Waals surface area contributed by atoms with E-state index in [0.29, 0.717) is 28.8 Å². The van der Waals surface area contributed by atoms with E-state index in [1.807, 2.05) is 6.92 Å². The zero-order valence-corrected chi connectivity index (χ0v) is 12.4. The quantitative estimate of drug-likeness (QED) is 0.809. The molecule has 0 radical (unpaired) electrons. The Morgan fingerprint density at radius 3 is 2.40 bits per heavy atom. The Kier molecular flexibility index (Phi) is 6.78. The predicted octanol–water partition coefficient (Wildman–Crippen LogP) is 3.20. The van der Waals surface area contributed by atoms with Gasteiger partial charge < -0.3 is 15.2 Å². The van der Waals surface area contributed by atoms with Gasteiger partial charge in [0.25, 0.3) is 5.91 Å². The van der Waals surface area contributed by atoms with Crippen molar-refractivity contribution in [2.75, 3.05) is 11.9 Å². The minimum Gasteiger partial charge on any atom is -0.481 e. The van der Waals surface area contributed by atoms with Crippen LogP contribution in [-0.4, -0.2) is 29.7 Å². The standard InChI is InChI=1S/C13H15Cl2NO4/c1-2-3-20-11(7-12(17)18)13(19)16-10-5-8(14)4-9(15)6-10/h4-6,11H,2-3,7H2,1H3,(H,16,19)(H,17,18). The molecule has 0 saturated heterocycles. The number of carboxylic acid groups (broad SMARTS) is 1. The van der Waals surface area contributed by atoms with Gasteiger partial charge in [0.05, 0.1) is 6.42 Å². The molecular weight excluding hydrogens is 305 g/mol. The Morgan fingerprint density at radius 2 is 1.90 bits per heavy atom. The van der Waals surface area contributed by atoms with Gasteiger partial charge in [-0.2, -0.15) is 0 Å². The Balaban J connectivity index is 2.75. The van der Waals surface area contributed by atoms with Gasteiger partial charge in [-0.05, 0) is 24.6 Å². The minimum absolute atomic E-state index is 0.307. The fourth-order valence-electron chi connectivity index (χ4n) is 1.49. The van der Waals surface area contributed by atoms with Crippen LogP contribution in [0.15, 0.2) is 18.2 Å². The van der Waals surface area contributed by atoms with Crippen molar-refractivity contribution in [1.29, 1.82) is 0 Å². The summed E-state index contributed by atoms with van der Waals surface area (Å²) in [6, 6.07) is 4.56. The fraction of sp³-hybridized carbons (Fsp3) is 0.385. The van der Waals surface area contributed by atoms with Crippen molar-refractivity contribution >= 4 is 40.8 Å². The molecule has 1 unspecified atom stereocenters. The molecule has 2 N–H and O–H groups in total. The molecule has 0 saturated carbocycles. The summed E-state index contributed by atoms with van der Waals surface area (Å²) < 4.78 is 5.24. The maximum atomic E-state index is 12.0. The lowest BCUT2D eigenvalue weighted by Gasteiger charge is -2.15. The monoisotopic (exact) mass is 319 g/mol. The van der Waals surface area contributed by atoms with Crippen molar-refractivity contribution in [3.05, 3.63) is 28.2 Å². The van der Waals surface area contributed by atoms with Crippen molar-refractivity contribution < 1.29 is 19.4 Å². The lowest BCUT2D eigenvalue weighted by molar-refractivity contribution is -0.144. The van der Waals surface area contributed by atoms with Gasteiger partial charge in [-0.25, -0.2) is 0 Å². The highest BCUT2D eigenvalue weighted by Crippen LogP contribution is 2.22. The van der Waals surface area contributed by atoms with Crippen LogP contribution in [0.3, 0.4) is 0 Å². The summed E-state index contributed by atoms with van der Waals surface area (Å²) in [7, 11) is 0. The van der Waals surface area contributed by atoms with Crippen LogP contribution in [0.2, 0.25) is 10.0 Å². The molecule has 0 heterocycles. The smallest absolute Gasteiger partial charge is 0.306 e. The van der Waals surface area contributed by atoms with E-state index in [-0.39, 0.29) is 0 Å². The van der Waals surface area contributed by atoms with Crippen molar-refractivity contribution in [2.24, 2.45) is 0 Å². The number of rotatable bonds is 7. The number of amides is 1. The predicted molar refractivity (Wildman–Crippen MR) is 77.4 cm³/mol. The average molecular weight is 320 g/mol. The van der Waals surface area contributed by atoms with Gasteiger partial charge in [0.2, 0.25) is 0 Å². The van der Waals surface area contributed by atoms with E-state index in [2.05, 4.69) is 5.32 Å². The molecule has 0 aliphatic carbocycles. The summed E-state index contributed by atoms with van der Waals surface area (Å²) in [5, 5.41) is 12.1. The van der Waals surface area contributed by atoms with Crippen molar-refractivity contribution in [3.63, 3.8) is 0 Å². The van der Waals surface area contributed by atoms with Crippen LogP contribution < -0.4 is 5.32 Å². The first-order valence-corrected chi connectivity index (χ1v) is 6.78. The number of carbonyl (C=O) groups excluding carboxylic acids is 1. The molecule has 1 atom stereocenters. The highest BCUT2D eigenvalue weighted by molar-refractivity contribution is 6.35. The van der Waals surface area contributed by atoms with Crippen LogP contribution in [0, 0.1) is 0 Å². The van der Waals surface area contributed by atoms with Crippen LogP contribution in [-0.2, 0) is 14.3 Å². The highest BCUT2D eigenvalue weighted by atomic mass is 35.5. The molecule has 0 aromatic heterocycles. The lowest BCUT2D eigenvalue weighted by atomic mass is 10.2. The van der Waals surface area contributed by atoms with Crippen LogP contribution in [0.4, 0.5) is 5.69 Å². The topological polar surface area (TPSA) is 75.6 Å². The molecule has 0 aliphatic heterocycles. The van der Waals surface area contributed by atoms with E-state index in [9.17, 15) is 9.59 Å². The first-order valence-electron chi connectivity index (χ1n) is 6.02. The highest BCUT2D eigenvalue weighted by Gasteiger charge is 2.22. The molecule has 110 valence electrons. The number of benzene rings is 1. The zero-order chi connectivity index (χ0) is 15.1. The van der Waals surface area contributed by atoms with E-state index in [4.69, 9.17) is 33.0 Å². The molecule has 1 aromatic rings. The number of hydrogen-bond acceptors (Lipinski definition) is 3. The third kappa shape index (κ3) is 5.77. The summed E-state index contributed by atoms with van der Waals surface area (Å²) in [4.78, 5) is 22.7. The molecule has 1 rings (SSSR count). The number of carbonyl (C=O) groups is 2. The third-order valence-electron chi connectivity index (χ3n) is 2.31. The number of hydrogen-bond donors (Lipinski definition) is 2. The van der Waals surface area contributed by atoms with E-state index < -0.39 is 24.4 Å². The number of aliphatic carboxylic acids is 1. The largest absolute Gasteiger partial charge is 0.481 e. The number of carboxylic acids is 1. The first-order chi connectivity index (χ1) is 9.42. The molecule has 1 amide bonds. The lowest BCUT2D eigenvalue weighted by Crippen LogP contribution is -2.33. The Hall–Kier alpha value is -1.30. The number of anilines is 1. The van der Waals surface area contributed by atoms with Crippen LogP contribution in [0.5, 0.6) is 0 Å². The maximum absolute atomic E-state index is 12.0. The van der Waals surface area contributed by atoms with Crippen LogP contribution in [0.25, 0.3) is 0 Å². The van der Waals surface area contributed by atoms with Crippen molar-refractivity contribution in [2.45, 2.75) is 25.9 Å². The molecule has 7 heteroatoms. The summed E-state index contributed by atoms with van der Waals surface area (Å²) in [5.41, 5.74) is 0.392. The van der Waals surface area contributed by atoms with Crippen molar-refractivity contribution in [3.8, 4) is 0 Å². The summed E-state index contributed by atoms with van der Waals surface area (Å²) in [6.45, 7) is 2.17. The van der Waals surface area contributed by atoms with Gasteiger partial charge >= 0.3 is 5.97 Å². The zero-order valence-electron chi connectivity index (χ0n) is 10.9. The van der Waals surface area contributed by atoms with E-state index in [1.165, 1.54) is 18.2 Å². The summed E-state index contributed by atoms with van der Waals surface area (Å²) >= 11 is 11.6. The number of halogens is 2. The second kappa shape index (κ2) is 8.09. The summed E-state index contributed by atoms with van der Waals surface area (Å²) in [5.74, 6) is -1.65. The Labute approximate surface area is 126 Å². The van der Waals surface area contributed by atoms with E-state index in [0.717, 1.165) is 0 Å². The molecule has 0 bridgehead atoms. The van der Waals surface area contributed by atoms with E-state index in [1.54, 1.807) is 0 Å². The minimum atomic E-state index is -1.11. The third-order valence-corrected chi connectivity index (χ3v) is 2.74. The van der Waals surface area contributed by atoms with Crippen LogP contribution in [0.1, 0.15) is 19.8 Å². The fourth-order valence-corrected chi connectivity index (χ4v) is 2.02. The van der Waals surface area contributed by atoms with Crippen molar-refractivity contribution in [1.82, 2.24) is 0 Å². The van der Waals surface area contributed by atoms with Crippen LogP contribution >= 0.6 is 23.2 Å². The SMILES string of the molecule is CCCOC(CC(=O)O)C(=O)Nc1cc(Cl)cc(Cl)c1. The molecule has 0 aliphatic rings. The van der Waals surface area contributed by atoms with Gasteiger partial charge in [-0.3, -0.25) is 9.59 Å². The molecule has 20 heavy (non-hydrogen) atoms. The van der Waals surface area contributed by atoms with Gasteiger partial charge in [0.15, 0.2) is 0 Å². The number of nitrogens with one attached hydrogen (secondary N) is 1. The van der Waals surface area contributed by atoms with Gasteiger partial charge in [0.1, 0.15) is 6.10 Å². The van der Waals surface area contributed by atoms with E-state index >= 15 is 0 Å². The second-order valence-electron chi connectivity index (χ2n) is 4.10. The normalized spacial score (nSPS) is 11.9. The Morgan fingerprint density at radius 1 is 1.30 bits per heavy atom. The summed E-state index contributed by atoms with van der Waals surface area (Å²) in [6.07, 6.45) is -0.766.